The first-order valence-corrected chi connectivity index (χ1v) is 9.59. The molecule has 1 saturated heterocycles. The average molecular weight is 426 g/mol. The Bertz CT molecular complexity index is 408. The van der Waals surface area contributed by atoms with Crippen LogP contribution < -0.4 is 11.3 Å². The zero-order valence-corrected chi connectivity index (χ0v) is 15.5. The predicted octanol–water partition coefficient (Wildman–Crippen LogP) is 4.76. The number of thiophene rings is 1. The Hall–Kier alpha value is 0.540. The fourth-order valence-corrected chi connectivity index (χ4v) is 5.71. The summed E-state index contributed by atoms with van der Waals surface area (Å²) >= 11 is 8.83. The quantitative estimate of drug-likeness (QED) is 0.376. The summed E-state index contributed by atoms with van der Waals surface area (Å²) in [6.45, 7) is 1.90. The summed E-state index contributed by atoms with van der Waals surface area (Å²) in [5.74, 6) is 6.58. The van der Waals surface area contributed by atoms with Crippen molar-refractivity contribution in [2.24, 2.45) is 11.8 Å². The van der Waals surface area contributed by atoms with Gasteiger partial charge in [-0.05, 0) is 68.7 Å². The van der Waals surface area contributed by atoms with Crippen molar-refractivity contribution in [2.45, 2.75) is 44.6 Å². The molecule has 2 rings (SSSR count). The molecule has 114 valence electrons. The monoisotopic (exact) mass is 424 g/mol. The largest absolute Gasteiger partial charge is 0.381 e. The Morgan fingerprint density at radius 3 is 2.70 bits per heavy atom. The van der Waals surface area contributed by atoms with Gasteiger partial charge in [-0.3, -0.25) is 11.3 Å². The third-order valence-electron chi connectivity index (χ3n) is 3.96. The van der Waals surface area contributed by atoms with Gasteiger partial charge >= 0.3 is 0 Å². The highest BCUT2D eigenvalue weighted by Gasteiger charge is 2.17. The Balaban J connectivity index is 1.72. The Morgan fingerprint density at radius 2 is 2.10 bits per heavy atom. The van der Waals surface area contributed by atoms with Gasteiger partial charge < -0.3 is 4.74 Å². The molecule has 20 heavy (non-hydrogen) atoms. The molecular formula is C14H22Br2N2OS. The number of nitrogens with one attached hydrogen (secondary N) is 1. The molecule has 1 atom stereocenters. The summed E-state index contributed by atoms with van der Waals surface area (Å²) in [5.41, 5.74) is 4.21. The van der Waals surface area contributed by atoms with E-state index in [1.54, 1.807) is 11.3 Å². The summed E-state index contributed by atoms with van der Waals surface area (Å²) < 4.78 is 7.70. The second-order valence-electron chi connectivity index (χ2n) is 5.34. The molecule has 0 aromatic carbocycles. The molecule has 0 radical (unpaired) electrons. The first kappa shape index (κ1) is 16.9. The minimum atomic E-state index is 0.238. The third kappa shape index (κ3) is 5.07. The van der Waals surface area contributed by atoms with Crippen LogP contribution in [0.3, 0.4) is 0 Å². The third-order valence-corrected chi connectivity index (χ3v) is 6.34. The summed E-state index contributed by atoms with van der Waals surface area (Å²) in [7, 11) is 0. The summed E-state index contributed by atoms with van der Waals surface area (Å²) in [4.78, 5) is 0. The van der Waals surface area contributed by atoms with Gasteiger partial charge in [-0.1, -0.05) is 19.3 Å². The lowest BCUT2D eigenvalue weighted by Gasteiger charge is -2.22. The van der Waals surface area contributed by atoms with E-state index in [-0.39, 0.29) is 6.04 Å². The van der Waals surface area contributed by atoms with E-state index in [2.05, 4.69) is 43.4 Å². The second kappa shape index (κ2) is 8.86. The first-order chi connectivity index (χ1) is 9.70. The van der Waals surface area contributed by atoms with Gasteiger partial charge in [-0.2, -0.15) is 0 Å². The number of unbranched alkanes of at least 4 members (excludes halogenated alkanes) is 1. The lowest BCUT2D eigenvalue weighted by molar-refractivity contribution is 0.0630. The molecule has 0 amide bonds. The van der Waals surface area contributed by atoms with Crippen LogP contribution in [0.2, 0.25) is 0 Å². The molecule has 3 nitrogen and oxygen atoms in total. The van der Waals surface area contributed by atoms with E-state index < -0.39 is 0 Å². The van der Waals surface area contributed by atoms with Crippen molar-refractivity contribution in [1.29, 1.82) is 0 Å². The number of ether oxygens (including phenoxy) is 1. The van der Waals surface area contributed by atoms with Crippen molar-refractivity contribution in [2.75, 3.05) is 13.2 Å². The standard InChI is InChI=1S/C14H22Br2N2OS/c15-13-9-11(14(16)20-13)12(18-17)4-2-1-3-10-5-7-19-8-6-10/h9-10,12,18H,1-8,17H2. The highest BCUT2D eigenvalue weighted by molar-refractivity contribution is 9.12. The molecule has 2 heterocycles. The van der Waals surface area contributed by atoms with Crippen LogP contribution in [0, 0.1) is 5.92 Å². The number of hydrogen-bond acceptors (Lipinski definition) is 4. The van der Waals surface area contributed by atoms with Crippen molar-refractivity contribution < 1.29 is 4.74 Å². The molecule has 3 N–H and O–H groups in total. The van der Waals surface area contributed by atoms with Gasteiger partial charge in [0.25, 0.3) is 0 Å². The summed E-state index contributed by atoms with van der Waals surface area (Å²) in [6, 6.07) is 2.39. The molecule has 1 fully saturated rings. The number of halogens is 2. The van der Waals surface area contributed by atoms with Gasteiger partial charge in [0.1, 0.15) is 0 Å². The zero-order chi connectivity index (χ0) is 14.4. The highest BCUT2D eigenvalue weighted by atomic mass is 79.9. The van der Waals surface area contributed by atoms with E-state index >= 15 is 0 Å². The van der Waals surface area contributed by atoms with Crippen LogP contribution in [0.25, 0.3) is 0 Å². The van der Waals surface area contributed by atoms with Crippen LogP contribution >= 0.6 is 43.2 Å². The van der Waals surface area contributed by atoms with Crippen molar-refractivity contribution in [3.8, 4) is 0 Å². The van der Waals surface area contributed by atoms with Crippen molar-refractivity contribution in [3.63, 3.8) is 0 Å². The van der Waals surface area contributed by atoms with Gasteiger partial charge in [0, 0.05) is 19.3 Å². The van der Waals surface area contributed by atoms with Crippen LogP contribution in [0.5, 0.6) is 0 Å². The van der Waals surface area contributed by atoms with Gasteiger partial charge in [0.2, 0.25) is 0 Å². The van der Waals surface area contributed by atoms with Crippen LogP contribution in [0.1, 0.15) is 50.1 Å². The van der Waals surface area contributed by atoms with Crippen molar-refractivity contribution in [3.05, 3.63) is 19.2 Å². The van der Waals surface area contributed by atoms with E-state index in [1.165, 1.54) is 37.7 Å². The minimum absolute atomic E-state index is 0.238. The van der Waals surface area contributed by atoms with Gasteiger partial charge in [-0.15, -0.1) is 11.3 Å². The highest BCUT2D eigenvalue weighted by Crippen LogP contribution is 2.37. The first-order valence-electron chi connectivity index (χ1n) is 7.19. The van der Waals surface area contributed by atoms with E-state index in [1.807, 2.05) is 0 Å². The number of nitrogens with two attached hydrogens (primary N) is 1. The number of rotatable bonds is 7. The molecule has 1 unspecified atom stereocenters. The Kier molecular flexibility index (Phi) is 7.48. The van der Waals surface area contributed by atoms with Crippen molar-refractivity contribution >= 4 is 43.2 Å². The molecule has 0 saturated carbocycles. The SMILES string of the molecule is NNC(CCCCC1CCOCC1)c1cc(Br)sc1Br. The van der Waals surface area contributed by atoms with E-state index in [0.717, 1.165) is 33.1 Å². The smallest absolute Gasteiger partial charge is 0.0758 e. The van der Waals surface area contributed by atoms with E-state index in [4.69, 9.17) is 10.6 Å². The fourth-order valence-electron chi connectivity index (χ4n) is 2.74. The molecule has 1 aromatic rings. The molecule has 0 bridgehead atoms. The molecule has 6 heteroatoms. The molecule has 1 aromatic heterocycles. The lowest BCUT2D eigenvalue weighted by atomic mass is 9.93. The maximum Gasteiger partial charge on any atom is 0.0758 e. The van der Waals surface area contributed by atoms with E-state index in [9.17, 15) is 0 Å². The van der Waals surface area contributed by atoms with Crippen LogP contribution in [-0.4, -0.2) is 13.2 Å². The number of hydrazine groups is 1. The normalized spacial score (nSPS) is 18.4. The molecule has 0 aliphatic carbocycles. The second-order valence-corrected chi connectivity index (χ2v) is 9.09. The number of hydrogen-bond donors (Lipinski definition) is 2. The molecule has 1 aliphatic rings. The van der Waals surface area contributed by atoms with Crippen LogP contribution in [-0.2, 0) is 4.74 Å². The maximum absolute atomic E-state index is 5.71. The van der Waals surface area contributed by atoms with Crippen LogP contribution in [0.15, 0.2) is 13.6 Å². The summed E-state index contributed by atoms with van der Waals surface area (Å²) in [5, 5.41) is 0. The van der Waals surface area contributed by atoms with E-state index in [0.29, 0.717) is 0 Å². The Labute approximate surface area is 141 Å². The predicted molar refractivity (Wildman–Crippen MR) is 91.8 cm³/mol. The molecular weight excluding hydrogens is 404 g/mol. The Morgan fingerprint density at radius 1 is 1.35 bits per heavy atom. The van der Waals surface area contributed by atoms with Gasteiger partial charge in [-0.25, -0.2) is 0 Å². The molecule has 0 spiro atoms. The minimum Gasteiger partial charge on any atom is -0.381 e. The van der Waals surface area contributed by atoms with Gasteiger partial charge in [0.05, 0.1) is 7.57 Å². The topological polar surface area (TPSA) is 47.3 Å². The fraction of sp³-hybridized carbons (Fsp3) is 0.714. The van der Waals surface area contributed by atoms with Gasteiger partial charge in [0.15, 0.2) is 0 Å². The van der Waals surface area contributed by atoms with Crippen molar-refractivity contribution in [1.82, 2.24) is 5.43 Å². The van der Waals surface area contributed by atoms with Crippen LogP contribution in [0.4, 0.5) is 0 Å². The average Bonchev–Trinajstić information content (AvgIpc) is 2.79. The molecule has 1 aliphatic heterocycles. The maximum atomic E-state index is 5.71. The summed E-state index contributed by atoms with van der Waals surface area (Å²) in [6.07, 6.45) is 7.39. The lowest BCUT2D eigenvalue weighted by Crippen LogP contribution is -2.27. The zero-order valence-electron chi connectivity index (χ0n) is 11.5.